The monoisotopic (exact) mass is 446 g/mol. The number of carbonyl (C=O) groups is 1. The molecule has 2 aliphatic carbocycles. The third-order valence-corrected chi connectivity index (χ3v) is 7.13. The molecule has 6 rings (SSSR count). The second-order valence-corrected chi connectivity index (χ2v) is 9.39. The van der Waals surface area contributed by atoms with Crippen LogP contribution >= 0.6 is 27.5 Å². The first-order valence-electron chi connectivity index (χ1n) is 9.36. The number of hydrogen-bond donors (Lipinski definition) is 1. The lowest BCUT2D eigenvalue weighted by molar-refractivity contribution is -0.134. The largest absolute Gasteiger partial charge is 0.349 e. The Labute approximate surface area is 171 Å². The van der Waals surface area contributed by atoms with E-state index in [0.29, 0.717) is 28.8 Å². The maximum absolute atomic E-state index is 13.2. The van der Waals surface area contributed by atoms with Gasteiger partial charge in [-0.05, 0) is 78.2 Å². The summed E-state index contributed by atoms with van der Waals surface area (Å²) < 4.78 is 0.901. The number of hydrogen-bond acceptors (Lipinski definition) is 4. The van der Waals surface area contributed by atoms with Crippen molar-refractivity contribution < 1.29 is 4.79 Å². The Morgan fingerprint density at radius 1 is 1.19 bits per heavy atom. The van der Waals surface area contributed by atoms with Crippen LogP contribution in [0.1, 0.15) is 32.1 Å². The zero-order valence-corrected chi connectivity index (χ0v) is 17.1. The maximum atomic E-state index is 13.2. The molecule has 2 saturated carbocycles. The van der Waals surface area contributed by atoms with E-state index in [2.05, 4.69) is 36.1 Å². The molecule has 140 valence electrons. The average molecular weight is 448 g/mol. The Balaban J connectivity index is 1.41. The molecule has 4 bridgehead atoms. The molecule has 4 heterocycles. The van der Waals surface area contributed by atoms with Gasteiger partial charge in [-0.15, -0.1) is 0 Å². The van der Waals surface area contributed by atoms with Crippen LogP contribution < -0.4 is 10.2 Å². The third-order valence-electron chi connectivity index (χ3n) is 6.36. The van der Waals surface area contributed by atoms with E-state index >= 15 is 0 Å². The van der Waals surface area contributed by atoms with E-state index in [-0.39, 0.29) is 11.3 Å². The van der Waals surface area contributed by atoms with Crippen LogP contribution in [-0.4, -0.2) is 28.0 Å². The van der Waals surface area contributed by atoms with E-state index in [1.54, 1.807) is 12.4 Å². The minimum absolute atomic E-state index is 0.114. The highest BCUT2D eigenvalue weighted by Gasteiger charge is 2.58. The predicted octanol–water partition coefficient (Wildman–Crippen LogP) is 4.67. The Hall–Kier alpha value is -1.66. The van der Waals surface area contributed by atoms with Gasteiger partial charge in [0.1, 0.15) is 11.6 Å². The molecule has 7 heteroatoms. The molecule has 2 aromatic heterocycles. The van der Waals surface area contributed by atoms with Gasteiger partial charge in [0.2, 0.25) is 5.91 Å². The van der Waals surface area contributed by atoms with Gasteiger partial charge in [0, 0.05) is 29.0 Å². The van der Waals surface area contributed by atoms with Crippen LogP contribution in [0.5, 0.6) is 0 Å². The minimum Gasteiger partial charge on any atom is -0.349 e. The summed E-state index contributed by atoms with van der Waals surface area (Å²) in [6.07, 6.45) is 8.44. The fraction of sp³-hybridized carbons (Fsp3) is 0.450. The molecule has 2 saturated heterocycles. The Bertz CT molecular complexity index is 874. The quantitative estimate of drug-likeness (QED) is 0.743. The molecule has 5 nitrogen and oxygen atoms in total. The van der Waals surface area contributed by atoms with E-state index < -0.39 is 0 Å². The normalized spacial score (nSPS) is 31.2. The van der Waals surface area contributed by atoms with Crippen molar-refractivity contribution in [1.82, 2.24) is 9.97 Å². The van der Waals surface area contributed by atoms with Crippen molar-refractivity contribution in [3.63, 3.8) is 0 Å². The van der Waals surface area contributed by atoms with Crippen LogP contribution in [0.25, 0.3) is 0 Å². The van der Waals surface area contributed by atoms with Crippen molar-refractivity contribution in [1.29, 1.82) is 0 Å². The highest BCUT2D eigenvalue weighted by atomic mass is 79.9. The summed E-state index contributed by atoms with van der Waals surface area (Å²) in [5, 5.41) is 3.76. The van der Waals surface area contributed by atoms with Crippen molar-refractivity contribution in [3.8, 4) is 0 Å². The first-order chi connectivity index (χ1) is 13.0. The lowest BCUT2D eigenvalue weighted by Gasteiger charge is -2.61. The van der Waals surface area contributed by atoms with Gasteiger partial charge in [-0.1, -0.05) is 11.6 Å². The molecule has 4 aliphatic rings. The molecular weight excluding hydrogens is 428 g/mol. The van der Waals surface area contributed by atoms with Crippen molar-refractivity contribution in [2.24, 2.45) is 11.3 Å². The van der Waals surface area contributed by atoms with Gasteiger partial charge in [0.15, 0.2) is 0 Å². The minimum atomic E-state index is -0.303. The molecule has 0 unspecified atom stereocenters. The molecule has 0 aromatic carbocycles. The Morgan fingerprint density at radius 3 is 2.63 bits per heavy atom. The molecule has 1 N–H and O–H groups in total. The van der Waals surface area contributed by atoms with Gasteiger partial charge in [-0.3, -0.25) is 4.79 Å². The number of halogens is 2. The topological polar surface area (TPSA) is 58.1 Å². The van der Waals surface area contributed by atoms with E-state index in [1.165, 1.54) is 0 Å². The van der Waals surface area contributed by atoms with Gasteiger partial charge in [-0.25, -0.2) is 9.97 Å². The highest BCUT2D eigenvalue weighted by molar-refractivity contribution is 9.10. The first-order valence-corrected chi connectivity index (χ1v) is 10.5. The van der Waals surface area contributed by atoms with Crippen molar-refractivity contribution in [3.05, 3.63) is 46.2 Å². The number of anilines is 2. The second kappa shape index (κ2) is 6.45. The fourth-order valence-corrected chi connectivity index (χ4v) is 5.97. The van der Waals surface area contributed by atoms with Crippen LogP contribution in [-0.2, 0) is 4.79 Å². The number of aromatic nitrogens is 2. The molecule has 0 spiro atoms. The number of carbonyl (C=O) groups excluding carboxylic acids is 1. The molecule has 1 amide bonds. The van der Waals surface area contributed by atoms with E-state index in [4.69, 9.17) is 11.6 Å². The second-order valence-electron chi connectivity index (χ2n) is 8.07. The maximum Gasteiger partial charge on any atom is 0.231 e. The van der Waals surface area contributed by atoms with Gasteiger partial charge in [0.05, 0.1) is 10.4 Å². The van der Waals surface area contributed by atoms with Gasteiger partial charge in [0.25, 0.3) is 0 Å². The standard InChI is InChI=1S/C20H20BrClN4O/c21-13-3-4-17(24-11-13)25-19(27)20-8-12-6-14(9-20)26(15(7-12)10-20)18-16(22)2-1-5-23-18/h1-5,11-12,14-15H,6-10H2,(H,24,25,27)/t12?,14-,15-,20?/m0/s1. The van der Waals surface area contributed by atoms with Crippen LogP contribution in [0.4, 0.5) is 11.6 Å². The van der Waals surface area contributed by atoms with Gasteiger partial charge < -0.3 is 10.2 Å². The first kappa shape index (κ1) is 17.4. The number of nitrogens with zero attached hydrogens (tertiary/aromatic N) is 3. The third kappa shape index (κ3) is 2.93. The molecule has 2 aromatic rings. The number of pyridine rings is 2. The summed E-state index contributed by atoms with van der Waals surface area (Å²) in [4.78, 5) is 24.5. The van der Waals surface area contributed by atoms with Crippen LogP contribution in [0.15, 0.2) is 41.1 Å². The predicted molar refractivity (Wildman–Crippen MR) is 109 cm³/mol. The summed E-state index contributed by atoms with van der Waals surface area (Å²) in [5.41, 5.74) is -0.303. The number of piperidine rings is 2. The summed E-state index contributed by atoms with van der Waals surface area (Å²) in [5.74, 6) is 2.20. The molecule has 0 radical (unpaired) electrons. The Kier molecular flexibility index (Phi) is 4.17. The van der Waals surface area contributed by atoms with E-state index in [0.717, 1.165) is 42.4 Å². The number of nitrogens with one attached hydrogen (secondary N) is 1. The lowest BCUT2D eigenvalue weighted by atomic mass is 9.55. The van der Waals surface area contributed by atoms with Crippen LogP contribution in [0, 0.1) is 11.3 Å². The summed E-state index contributed by atoms with van der Waals surface area (Å²) in [7, 11) is 0. The molecule has 2 atom stereocenters. The van der Waals surface area contributed by atoms with Crippen LogP contribution in [0.3, 0.4) is 0 Å². The molecular formula is C20H20BrClN4O. The molecule has 27 heavy (non-hydrogen) atoms. The number of amides is 1. The zero-order chi connectivity index (χ0) is 18.6. The Morgan fingerprint density at radius 2 is 1.96 bits per heavy atom. The fourth-order valence-electron chi connectivity index (χ4n) is 5.52. The molecule has 2 aliphatic heterocycles. The van der Waals surface area contributed by atoms with Crippen molar-refractivity contribution in [2.45, 2.75) is 44.2 Å². The van der Waals surface area contributed by atoms with Gasteiger partial charge >= 0.3 is 0 Å². The summed E-state index contributed by atoms with van der Waals surface area (Å²) in [6.45, 7) is 0. The lowest BCUT2D eigenvalue weighted by Crippen LogP contribution is -2.64. The molecule has 4 fully saturated rings. The SMILES string of the molecule is O=C(Nc1ccc(Br)cn1)C12CC3C[C@@H](C1)N(c1ncccc1Cl)[C@@H](C3)C2. The van der Waals surface area contributed by atoms with Gasteiger partial charge in [-0.2, -0.15) is 0 Å². The summed E-state index contributed by atoms with van der Waals surface area (Å²) >= 11 is 9.82. The highest BCUT2D eigenvalue weighted by Crippen LogP contribution is 2.57. The van der Waals surface area contributed by atoms with E-state index in [9.17, 15) is 4.79 Å². The summed E-state index contributed by atoms with van der Waals surface area (Å²) in [6, 6.07) is 8.15. The van der Waals surface area contributed by atoms with Crippen LogP contribution in [0.2, 0.25) is 5.02 Å². The number of rotatable bonds is 3. The van der Waals surface area contributed by atoms with Crippen molar-refractivity contribution >= 4 is 45.1 Å². The van der Waals surface area contributed by atoms with Crippen molar-refractivity contribution in [2.75, 3.05) is 10.2 Å². The zero-order valence-electron chi connectivity index (χ0n) is 14.7. The average Bonchev–Trinajstić information content (AvgIpc) is 2.64. The smallest absolute Gasteiger partial charge is 0.231 e. The van der Waals surface area contributed by atoms with E-state index in [1.807, 2.05) is 24.3 Å².